The SMILES string of the molecule is Cc1cc(C(=O)N(C)CCC(F)(F)F)ccc1C#CCO. The summed E-state index contributed by atoms with van der Waals surface area (Å²) in [5.74, 6) is 4.76. The summed E-state index contributed by atoms with van der Waals surface area (Å²) < 4.78 is 36.4. The molecule has 0 radical (unpaired) electrons. The van der Waals surface area contributed by atoms with Gasteiger partial charge in [0.2, 0.25) is 0 Å². The van der Waals surface area contributed by atoms with Gasteiger partial charge in [-0.15, -0.1) is 0 Å². The number of hydrogen-bond donors (Lipinski definition) is 1. The molecule has 0 aliphatic heterocycles. The lowest BCUT2D eigenvalue weighted by Crippen LogP contribution is -2.30. The molecule has 0 fully saturated rings. The molecule has 1 rings (SSSR count). The van der Waals surface area contributed by atoms with E-state index in [0.29, 0.717) is 11.1 Å². The number of benzene rings is 1. The highest BCUT2D eigenvalue weighted by Crippen LogP contribution is 2.20. The van der Waals surface area contributed by atoms with Crippen LogP contribution in [0.15, 0.2) is 18.2 Å². The first-order valence-corrected chi connectivity index (χ1v) is 6.27. The molecule has 1 aromatic carbocycles. The molecule has 21 heavy (non-hydrogen) atoms. The number of aliphatic hydroxyl groups excluding tert-OH is 1. The zero-order valence-corrected chi connectivity index (χ0v) is 11.8. The van der Waals surface area contributed by atoms with E-state index in [-0.39, 0.29) is 13.2 Å². The van der Waals surface area contributed by atoms with Crippen molar-refractivity contribution < 1.29 is 23.1 Å². The average molecular weight is 299 g/mol. The molecule has 6 heteroatoms. The van der Waals surface area contributed by atoms with Crippen LogP contribution in [-0.2, 0) is 0 Å². The minimum atomic E-state index is -4.28. The van der Waals surface area contributed by atoms with Crippen LogP contribution in [0.25, 0.3) is 0 Å². The fourth-order valence-corrected chi connectivity index (χ4v) is 1.69. The van der Waals surface area contributed by atoms with Crippen molar-refractivity contribution in [2.45, 2.75) is 19.5 Å². The van der Waals surface area contributed by atoms with Gasteiger partial charge in [-0.2, -0.15) is 13.2 Å². The summed E-state index contributed by atoms with van der Waals surface area (Å²) in [5, 5.41) is 8.63. The number of amides is 1. The Morgan fingerprint density at radius 3 is 2.57 bits per heavy atom. The first-order chi connectivity index (χ1) is 9.74. The molecule has 1 N–H and O–H groups in total. The van der Waals surface area contributed by atoms with Crippen molar-refractivity contribution in [1.82, 2.24) is 4.90 Å². The standard InChI is InChI=1S/C15H16F3NO2/c1-11-10-13(6-5-12(11)4-3-9-20)14(21)19(2)8-7-15(16,17)18/h5-6,10,20H,7-9H2,1-2H3. The first-order valence-electron chi connectivity index (χ1n) is 6.27. The van der Waals surface area contributed by atoms with Gasteiger partial charge < -0.3 is 10.0 Å². The number of aryl methyl sites for hydroxylation is 1. The number of halogens is 3. The van der Waals surface area contributed by atoms with Crippen molar-refractivity contribution >= 4 is 5.91 Å². The van der Waals surface area contributed by atoms with Gasteiger partial charge >= 0.3 is 6.18 Å². The van der Waals surface area contributed by atoms with E-state index in [1.807, 2.05) is 0 Å². The molecule has 0 heterocycles. The van der Waals surface area contributed by atoms with Gasteiger partial charge in [0.05, 0.1) is 6.42 Å². The smallest absolute Gasteiger partial charge is 0.384 e. The van der Waals surface area contributed by atoms with E-state index < -0.39 is 18.5 Å². The molecule has 1 amide bonds. The Bertz CT molecular complexity index is 571. The van der Waals surface area contributed by atoms with E-state index in [1.54, 1.807) is 19.1 Å². The normalized spacial score (nSPS) is 10.8. The van der Waals surface area contributed by atoms with Gasteiger partial charge in [-0.3, -0.25) is 4.79 Å². The van der Waals surface area contributed by atoms with Crippen LogP contribution in [0.1, 0.15) is 27.9 Å². The molecular weight excluding hydrogens is 283 g/mol. The summed E-state index contributed by atoms with van der Waals surface area (Å²) in [6.07, 6.45) is -5.32. The quantitative estimate of drug-likeness (QED) is 0.871. The van der Waals surface area contributed by atoms with Crippen LogP contribution in [0.4, 0.5) is 13.2 Å². The highest BCUT2D eigenvalue weighted by molar-refractivity contribution is 5.94. The Labute approximate surface area is 121 Å². The Hall–Kier alpha value is -2.00. The number of nitrogens with zero attached hydrogens (tertiary/aromatic N) is 1. The molecule has 0 aromatic heterocycles. The summed E-state index contributed by atoms with van der Waals surface area (Å²) in [4.78, 5) is 13.1. The lowest BCUT2D eigenvalue weighted by Gasteiger charge is -2.18. The van der Waals surface area contributed by atoms with Crippen LogP contribution >= 0.6 is 0 Å². The summed E-state index contributed by atoms with van der Waals surface area (Å²) in [6, 6.07) is 4.71. The number of carbonyl (C=O) groups is 1. The monoisotopic (exact) mass is 299 g/mol. The van der Waals surface area contributed by atoms with Crippen LogP contribution in [0.5, 0.6) is 0 Å². The van der Waals surface area contributed by atoms with Gasteiger partial charge in [-0.25, -0.2) is 0 Å². The average Bonchev–Trinajstić information content (AvgIpc) is 2.41. The molecule has 0 aliphatic rings. The van der Waals surface area contributed by atoms with E-state index in [9.17, 15) is 18.0 Å². The van der Waals surface area contributed by atoms with Crippen molar-refractivity contribution in [2.75, 3.05) is 20.2 Å². The summed E-state index contributed by atoms with van der Waals surface area (Å²) in [7, 11) is 1.34. The van der Waals surface area contributed by atoms with Gasteiger partial charge in [0.1, 0.15) is 6.61 Å². The van der Waals surface area contributed by atoms with Crippen molar-refractivity contribution in [1.29, 1.82) is 0 Å². The topological polar surface area (TPSA) is 40.5 Å². The predicted octanol–water partition coefficient (Wildman–Crippen LogP) is 2.36. The maximum Gasteiger partial charge on any atom is 0.390 e. The Morgan fingerprint density at radius 2 is 2.05 bits per heavy atom. The van der Waals surface area contributed by atoms with Crippen LogP contribution < -0.4 is 0 Å². The molecule has 0 unspecified atom stereocenters. The number of carbonyl (C=O) groups excluding carboxylic acids is 1. The second kappa shape index (κ2) is 7.14. The molecule has 1 aromatic rings. The molecule has 0 spiro atoms. The molecular formula is C15H16F3NO2. The highest BCUT2D eigenvalue weighted by atomic mass is 19.4. The van der Waals surface area contributed by atoms with E-state index in [4.69, 9.17) is 5.11 Å². The third-order valence-corrected chi connectivity index (χ3v) is 2.85. The third kappa shape index (κ3) is 5.48. The van der Waals surface area contributed by atoms with Crippen LogP contribution in [0, 0.1) is 18.8 Å². The lowest BCUT2D eigenvalue weighted by molar-refractivity contribution is -0.136. The van der Waals surface area contributed by atoms with Crippen molar-refractivity contribution in [3.05, 3.63) is 34.9 Å². The minimum Gasteiger partial charge on any atom is -0.384 e. The van der Waals surface area contributed by atoms with Crippen molar-refractivity contribution in [2.24, 2.45) is 0 Å². The van der Waals surface area contributed by atoms with Crippen LogP contribution in [0.2, 0.25) is 0 Å². The summed E-state index contributed by atoms with van der Waals surface area (Å²) >= 11 is 0. The molecule has 0 saturated carbocycles. The van der Waals surface area contributed by atoms with E-state index >= 15 is 0 Å². The Morgan fingerprint density at radius 1 is 1.38 bits per heavy atom. The first kappa shape index (κ1) is 17.1. The van der Waals surface area contributed by atoms with Crippen molar-refractivity contribution in [3.8, 4) is 11.8 Å². The molecule has 0 bridgehead atoms. The summed E-state index contributed by atoms with van der Waals surface area (Å²) in [5.41, 5.74) is 1.70. The van der Waals surface area contributed by atoms with Crippen LogP contribution in [0.3, 0.4) is 0 Å². The van der Waals surface area contributed by atoms with Gasteiger partial charge in [0, 0.05) is 24.7 Å². The van der Waals surface area contributed by atoms with Gasteiger partial charge in [0.15, 0.2) is 0 Å². The van der Waals surface area contributed by atoms with E-state index in [1.165, 1.54) is 13.1 Å². The molecule has 0 saturated heterocycles. The number of aliphatic hydroxyl groups is 1. The minimum absolute atomic E-state index is 0.264. The number of rotatable bonds is 3. The second-order valence-corrected chi connectivity index (χ2v) is 4.58. The summed E-state index contributed by atoms with van der Waals surface area (Å²) in [6.45, 7) is 1.10. The third-order valence-electron chi connectivity index (χ3n) is 2.85. The van der Waals surface area contributed by atoms with Gasteiger partial charge in [-0.1, -0.05) is 11.8 Å². The molecule has 0 atom stereocenters. The zero-order valence-electron chi connectivity index (χ0n) is 11.8. The van der Waals surface area contributed by atoms with Gasteiger partial charge in [0.25, 0.3) is 5.91 Å². The maximum atomic E-state index is 12.1. The maximum absolute atomic E-state index is 12.1. The number of hydrogen-bond acceptors (Lipinski definition) is 2. The lowest BCUT2D eigenvalue weighted by atomic mass is 10.0. The zero-order chi connectivity index (χ0) is 16.0. The molecule has 0 aliphatic carbocycles. The molecule has 114 valence electrons. The predicted molar refractivity (Wildman–Crippen MR) is 72.8 cm³/mol. The fourth-order valence-electron chi connectivity index (χ4n) is 1.69. The fraction of sp³-hybridized carbons (Fsp3) is 0.400. The van der Waals surface area contributed by atoms with E-state index in [0.717, 1.165) is 10.5 Å². The Kier molecular flexibility index (Phi) is 5.79. The highest BCUT2D eigenvalue weighted by Gasteiger charge is 2.28. The second-order valence-electron chi connectivity index (χ2n) is 4.58. The number of alkyl halides is 3. The Balaban J connectivity index is 2.81. The van der Waals surface area contributed by atoms with E-state index in [2.05, 4.69) is 11.8 Å². The van der Waals surface area contributed by atoms with Gasteiger partial charge in [-0.05, 0) is 30.7 Å². The van der Waals surface area contributed by atoms with Crippen LogP contribution in [-0.4, -0.2) is 42.3 Å². The largest absolute Gasteiger partial charge is 0.390 e. The molecule has 3 nitrogen and oxygen atoms in total. The van der Waals surface area contributed by atoms with Crippen molar-refractivity contribution in [3.63, 3.8) is 0 Å².